The Labute approximate surface area is 181 Å². The third-order valence-electron chi connectivity index (χ3n) is 4.92. The molecule has 32 heavy (non-hydrogen) atoms. The minimum atomic E-state index is -0.455. The average molecular weight is 429 g/mol. The van der Waals surface area contributed by atoms with E-state index in [9.17, 15) is 8.78 Å². The number of nitrogens with two attached hydrogens (primary N) is 1. The van der Waals surface area contributed by atoms with Crippen molar-refractivity contribution in [3.63, 3.8) is 0 Å². The molecule has 3 N–H and O–H groups in total. The van der Waals surface area contributed by atoms with Crippen LogP contribution in [0.1, 0.15) is 5.56 Å². The summed E-state index contributed by atoms with van der Waals surface area (Å²) in [5, 5.41) is 7.96. The van der Waals surface area contributed by atoms with Gasteiger partial charge in [-0.1, -0.05) is 24.3 Å². The van der Waals surface area contributed by atoms with Crippen molar-refractivity contribution in [2.75, 3.05) is 11.1 Å². The van der Waals surface area contributed by atoms with Crippen LogP contribution in [0.4, 0.5) is 20.5 Å². The highest BCUT2D eigenvalue weighted by atomic mass is 19.1. The lowest BCUT2D eigenvalue weighted by Crippen LogP contribution is -2.05. The fraction of sp³-hybridized carbons (Fsp3) is 0.0435. The van der Waals surface area contributed by atoms with Gasteiger partial charge in [-0.3, -0.25) is 4.98 Å². The van der Waals surface area contributed by atoms with E-state index in [2.05, 4.69) is 25.4 Å². The molecule has 0 unspecified atom stereocenters. The van der Waals surface area contributed by atoms with Crippen molar-refractivity contribution in [2.24, 2.45) is 0 Å². The van der Waals surface area contributed by atoms with Crippen LogP contribution in [0.15, 0.2) is 73.1 Å². The van der Waals surface area contributed by atoms with Crippen molar-refractivity contribution in [1.29, 1.82) is 0 Å². The van der Waals surface area contributed by atoms with Gasteiger partial charge in [-0.2, -0.15) is 4.98 Å². The molecule has 0 aliphatic heterocycles. The smallest absolute Gasteiger partial charge is 0.225 e. The Bertz CT molecular complexity index is 1420. The maximum absolute atomic E-state index is 14.7. The number of pyridine rings is 1. The molecule has 5 rings (SSSR count). The van der Waals surface area contributed by atoms with E-state index < -0.39 is 11.6 Å². The second kappa shape index (κ2) is 8.03. The van der Waals surface area contributed by atoms with Crippen LogP contribution in [0, 0.1) is 11.6 Å². The number of anilines is 2. The zero-order valence-electron chi connectivity index (χ0n) is 16.7. The molecule has 0 aliphatic rings. The van der Waals surface area contributed by atoms with Gasteiger partial charge in [-0.05, 0) is 42.0 Å². The van der Waals surface area contributed by atoms with Crippen molar-refractivity contribution in [3.8, 4) is 16.9 Å². The number of nitrogen functional groups attached to an aromatic ring is 1. The molecule has 7 nitrogen and oxygen atoms in total. The minimum Gasteiger partial charge on any atom is -0.383 e. The first-order chi connectivity index (χ1) is 15.6. The van der Waals surface area contributed by atoms with Gasteiger partial charge in [-0.15, -0.1) is 5.10 Å². The van der Waals surface area contributed by atoms with E-state index in [1.807, 2.05) is 12.1 Å². The van der Waals surface area contributed by atoms with Crippen molar-refractivity contribution >= 4 is 22.8 Å². The van der Waals surface area contributed by atoms with E-state index in [1.54, 1.807) is 42.7 Å². The summed E-state index contributed by atoms with van der Waals surface area (Å²) in [6, 6.07) is 15.9. The first-order valence-electron chi connectivity index (χ1n) is 9.80. The predicted molar refractivity (Wildman–Crippen MR) is 118 cm³/mol. The summed E-state index contributed by atoms with van der Waals surface area (Å²) >= 11 is 0. The van der Waals surface area contributed by atoms with Crippen LogP contribution in [-0.2, 0) is 6.54 Å². The highest BCUT2D eigenvalue weighted by Gasteiger charge is 2.21. The van der Waals surface area contributed by atoms with Crippen LogP contribution in [0.2, 0.25) is 0 Å². The van der Waals surface area contributed by atoms with Crippen LogP contribution < -0.4 is 11.1 Å². The third kappa shape index (κ3) is 3.60. The topological polar surface area (TPSA) is 94.5 Å². The first kappa shape index (κ1) is 19.6. The number of benzene rings is 2. The summed E-state index contributed by atoms with van der Waals surface area (Å²) in [6.45, 7) is 0.413. The Morgan fingerprint density at radius 3 is 2.62 bits per heavy atom. The second-order valence-electron chi connectivity index (χ2n) is 7.07. The molecule has 0 bridgehead atoms. The molecule has 158 valence electrons. The summed E-state index contributed by atoms with van der Waals surface area (Å²) in [4.78, 5) is 13.1. The Balaban J connectivity index is 1.67. The molecule has 9 heteroatoms. The number of rotatable bonds is 5. The molecule has 0 aliphatic carbocycles. The normalized spacial score (nSPS) is 11.1. The highest BCUT2D eigenvalue weighted by Crippen LogP contribution is 2.34. The quantitative estimate of drug-likeness (QED) is 0.431. The fourth-order valence-electron chi connectivity index (χ4n) is 3.43. The van der Waals surface area contributed by atoms with E-state index in [0.29, 0.717) is 23.3 Å². The molecule has 0 spiro atoms. The largest absolute Gasteiger partial charge is 0.383 e. The van der Waals surface area contributed by atoms with Crippen LogP contribution >= 0.6 is 0 Å². The fourth-order valence-corrected chi connectivity index (χ4v) is 3.43. The Hall–Kier alpha value is -4.40. The molecular weight excluding hydrogens is 412 g/mol. The molecular formula is C23H17F2N7. The molecule has 0 saturated carbocycles. The van der Waals surface area contributed by atoms with E-state index in [1.165, 1.54) is 22.9 Å². The van der Waals surface area contributed by atoms with Crippen molar-refractivity contribution in [1.82, 2.24) is 24.7 Å². The van der Waals surface area contributed by atoms with E-state index in [-0.39, 0.29) is 23.0 Å². The lowest BCUT2D eigenvalue weighted by Gasteiger charge is -2.09. The molecule has 0 atom stereocenters. The maximum Gasteiger partial charge on any atom is 0.225 e. The van der Waals surface area contributed by atoms with Gasteiger partial charge in [0.2, 0.25) is 5.95 Å². The van der Waals surface area contributed by atoms with Gasteiger partial charge >= 0.3 is 0 Å². The number of hydrogen-bond donors (Lipinski definition) is 2. The van der Waals surface area contributed by atoms with E-state index in [0.717, 1.165) is 5.56 Å². The Kier molecular flexibility index (Phi) is 4.91. The molecule has 0 radical (unpaired) electrons. The number of aromatic nitrogens is 5. The number of fused-ring (bicyclic) bond motifs is 1. The highest BCUT2D eigenvalue weighted by molar-refractivity contribution is 5.99. The average Bonchev–Trinajstić information content (AvgIpc) is 3.15. The van der Waals surface area contributed by atoms with Crippen LogP contribution in [-0.4, -0.2) is 24.7 Å². The molecule has 0 saturated heterocycles. The summed E-state index contributed by atoms with van der Waals surface area (Å²) in [5.41, 5.74) is 8.53. The summed E-state index contributed by atoms with van der Waals surface area (Å²) < 4.78 is 29.9. The number of halogens is 2. The molecule has 5 aromatic rings. The number of hydrogen-bond acceptors (Lipinski definition) is 6. The van der Waals surface area contributed by atoms with Crippen molar-refractivity contribution < 1.29 is 8.78 Å². The summed E-state index contributed by atoms with van der Waals surface area (Å²) in [6.07, 6.45) is 3.41. The van der Waals surface area contributed by atoms with Gasteiger partial charge in [0.15, 0.2) is 5.65 Å². The van der Waals surface area contributed by atoms with E-state index >= 15 is 0 Å². The van der Waals surface area contributed by atoms with Gasteiger partial charge in [0, 0.05) is 24.5 Å². The SMILES string of the molecule is Nc1c2c(-c3ccccc3F)nc(NCc3cccnc3)nc2nn1-c1cccc(F)c1. The number of nitrogens with one attached hydrogen (secondary N) is 1. The van der Waals surface area contributed by atoms with Gasteiger partial charge in [-0.25, -0.2) is 18.4 Å². The molecule has 3 heterocycles. The summed E-state index contributed by atoms with van der Waals surface area (Å²) in [5.74, 6) is -0.449. The molecule has 2 aromatic carbocycles. The number of nitrogens with zero attached hydrogens (tertiary/aromatic N) is 5. The zero-order chi connectivity index (χ0) is 22.1. The van der Waals surface area contributed by atoms with Gasteiger partial charge < -0.3 is 11.1 Å². The lowest BCUT2D eigenvalue weighted by atomic mass is 10.1. The lowest BCUT2D eigenvalue weighted by molar-refractivity contribution is 0.625. The molecule has 0 fully saturated rings. The Morgan fingerprint density at radius 2 is 1.84 bits per heavy atom. The van der Waals surface area contributed by atoms with Crippen molar-refractivity contribution in [3.05, 3.63) is 90.3 Å². The second-order valence-corrected chi connectivity index (χ2v) is 7.07. The van der Waals surface area contributed by atoms with Crippen LogP contribution in [0.25, 0.3) is 28.0 Å². The molecule has 3 aromatic heterocycles. The van der Waals surface area contributed by atoms with Crippen LogP contribution in [0.5, 0.6) is 0 Å². The first-order valence-corrected chi connectivity index (χ1v) is 9.80. The van der Waals surface area contributed by atoms with Crippen LogP contribution in [0.3, 0.4) is 0 Å². The minimum absolute atomic E-state index is 0.183. The third-order valence-corrected chi connectivity index (χ3v) is 4.92. The summed E-state index contributed by atoms with van der Waals surface area (Å²) in [7, 11) is 0. The Morgan fingerprint density at radius 1 is 0.969 bits per heavy atom. The standard InChI is InChI=1S/C23H17F2N7/c24-15-6-3-7-16(11-15)32-21(26)19-20(17-8-1-2-9-18(17)25)29-23(30-22(19)31-32)28-13-14-5-4-10-27-12-14/h1-12H,13,26H2,(H,28,30,31). The van der Waals surface area contributed by atoms with Gasteiger partial charge in [0.25, 0.3) is 0 Å². The maximum atomic E-state index is 14.7. The van der Waals surface area contributed by atoms with Crippen molar-refractivity contribution in [2.45, 2.75) is 6.54 Å². The monoisotopic (exact) mass is 429 g/mol. The van der Waals surface area contributed by atoms with Gasteiger partial charge in [0.1, 0.15) is 17.5 Å². The van der Waals surface area contributed by atoms with Gasteiger partial charge in [0.05, 0.1) is 16.8 Å². The molecule has 0 amide bonds. The van der Waals surface area contributed by atoms with E-state index in [4.69, 9.17) is 5.73 Å². The predicted octanol–water partition coefficient (Wildman–Crippen LogP) is 4.35. The zero-order valence-corrected chi connectivity index (χ0v) is 16.7.